The minimum absolute atomic E-state index is 0.00637. The van der Waals surface area contributed by atoms with Crippen molar-refractivity contribution in [3.63, 3.8) is 0 Å². The highest BCUT2D eigenvalue weighted by Gasteiger charge is 2.27. The van der Waals surface area contributed by atoms with E-state index in [0.717, 1.165) is 0 Å². The first-order valence-electron chi connectivity index (χ1n) is 6.57. The Kier molecular flexibility index (Phi) is 4.59. The molecule has 4 nitrogen and oxygen atoms in total. The number of halogens is 1. The zero-order valence-corrected chi connectivity index (χ0v) is 12.5. The minimum Gasteiger partial charge on any atom is -0.326 e. The van der Waals surface area contributed by atoms with E-state index in [9.17, 15) is 12.8 Å². The van der Waals surface area contributed by atoms with Crippen molar-refractivity contribution < 1.29 is 12.8 Å². The molecule has 0 atom stereocenters. The number of hydrogen-bond acceptors (Lipinski definition) is 3. The van der Waals surface area contributed by atoms with E-state index in [1.807, 2.05) is 0 Å². The molecule has 2 aromatic rings. The topological polar surface area (TPSA) is 63.4 Å². The molecule has 0 spiro atoms. The van der Waals surface area contributed by atoms with Gasteiger partial charge in [0, 0.05) is 18.7 Å². The van der Waals surface area contributed by atoms with Crippen LogP contribution in [-0.4, -0.2) is 15.0 Å². The third-order valence-electron chi connectivity index (χ3n) is 3.18. The van der Waals surface area contributed by atoms with Crippen LogP contribution < -0.4 is 10.0 Å². The summed E-state index contributed by atoms with van der Waals surface area (Å²) in [6, 6.07) is 12.7. The molecule has 0 heterocycles. The van der Waals surface area contributed by atoms with E-state index in [1.165, 1.54) is 22.5 Å². The first kappa shape index (κ1) is 15.5. The maximum atomic E-state index is 13.8. The standard InChI is InChI=1S/C15H17FN2O2S/c1-2-18(12-7-4-3-5-8-12)21(19,20)15-10-6-9-14(16)13(15)11-17/h3-10H,2,11,17H2,1H3. The lowest BCUT2D eigenvalue weighted by atomic mass is 10.2. The Hall–Kier alpha value is -1.92. The van der Waals surface area contributed by atoms with E-state index in [0.29, 0.717) is 5.69 Å². The molecule has 0 aromatic heterocycles. The van der Waals surface area contributed by atoms with Gasteiger partial charge in [-0.05, 0) is 31.2 Å². The second kappa shape index (κ2) is 6.24. The fourth-order valence-corrected chi connectivity index (χ4v) is 3.90. The number of benzene rings is 2. The Morgan fingerprint density at radius 2 is 1.76 bits per heavy atom. The number of nitrogens with two attached hydrogens (primary N) is 1. The van der Waals surface area contributed by atoms with E-state index in [4.69, 9.17) is 5.73 Å². The van der Waals surface area contributed by atoms with E-state index >= 15 is 0 Å². The molecule has 0 saturated carbocycles. The van der Waals surface area contributed by atoms with Crippen LogP contribution in [0.3, 0.4) is 0 Å². The fraction of sp³-hybridized carbons (Fsp3) is 0.200. The van der Waals surface area contributed by atoms with Crippen LogP contribution in [-0.2, 0) is 16.6 Å². The molecule has 0 amide bonds. The molecule has 0 aliphatic carbocycles. The van der Waals surface area contributed by atoms with Gasteiger partial charge in [0.15, 0.2) is 0 Å². The van der Waals surface area contributed by atoms with Gasteiger partial charge in [-0.1, -0.05) is 24.3 Å². The Morgan fingerprint density at radius 1 is 1.10 bits per heavy atom. The van der Waals surface area contributed by atoms with Gasteiger partial charge in [0.25, 0.3) is 10.0 Å². The van der Waals surface area contributed by atoms with Crippen LogP contribution in [0, 0.1) is 5.82 Å². The first-order valence-corrected chi connectivity index (χ1v) is 8.01. The molecule has 2 aromatic carbocycles. The highest BCUT2D eigenvalue weighted by molar-refractivity contribution is 7.92. The van der Waals surface area contributed by atoms with Crippen molar-refractivity contribution in [1.82, 2.24) is 0 Å². The van der Waals surface area contributed by atoms with E-state index in [2.05, 4.69) is 0 Å². The molecular formula is C15H17FN2O2S. The van der Waals surface area contributed by atoms with Gasteiger partial charge < -0.3 is 5.73 Å². The number of para-hydroxylation sites is 1. The summed E-state index contributed by atoms with van der Waals surface area (Å²) in [6.07, 6.45) is 0. The zero-order valence-electron chi connectivity index (χ0n) is 11.7. The number of hydrogen-bond donors (Lipinski definition) is 1. The van der Waals surface area contributed by atoms with Gasteiger partial charge in [-0.3, -0.25) is 4.31 Å². The number of sulfonamides is 1. The summed E-state index contributed by atoms with van der Waals surface area (Å²) >= 11 is 0. The molecule has 112 valence electrons. The van der Waals surface area contributed by atoms with Crippen molar-refractivity contribution in [2.75, 3.05) is 10.8 Å². The average molecular weight is 308 g/mol. The summed E-state index contributed by atoms with van der Waals surface area (Å²) in [5, 5.41) is 0. The molecular weight excluding hydrogens is 291 g/mol. The van der Waals surface area contributed by atoms with Crippen LogP contribution in [0.25, 0.3) is 0 Å². The summed E-state index contributed by atoms with van der Waals surface area (Å²) in [5.74, 6) is -0.609. The molecule has 2 N–H and O–H groups in total. The Balaban J connectivity index is 2.58. The van der Waals surface area contributed by atoms with Gasteiger partial charge in [0.1, 0.15) is 5.82 Å². The molecule has 21 heavy (non-hydrogen) atoms. The third-order valence-corrected chi connectivity index (χ3v) is 5.17. The van der Waals surface area contributed by atoms with Crippen LogP contribution >= 0.6 is 0 Å². The maximum absolute atomic E-state index is 13.8. The van der Waals surface area contributed by atoms with E-state index in [-0.39, 0.29) is 23.5 Å². The van der Waals surface area contributed by atoms with Crippen molar-refractivity contribution in [3.05, 3.63) is 59.9 Å². The summed E-state index contributed by atoms with van der Waals surface area (Å²) in [5.41, 5.74) is 6.05. The van der Waals surface area contributed by atoms with Crippen LogP contribution in [0.4, 0.5) is 10.1 Å². The predicted molar refractivity (Wildman–Crippen MR) is 80.9 cm³/mol. The summed E-state index contributed by atoms with van der Waals surface area (Å²) in [7, 11) is -3.86. The lowest BCUT2D eigenvalue weighted by Crippen LogP contribution is -2.32. The Morgan fingerprint density at radius 3 is 2.33 bits per heavy atom. The number of nitrogens with zero attached hydrogens (tertiary/aromatic N) is 1. The van der Waals surface area contributed by atoms with Crippen molar-refractivity contribution in [2.24, 2.45) is 5.73 Å². The van der Waals surface area contributed by atoms with Gasteiger partial charge in [-0.25, -0.2) is 12.8 Å². The SMILES string of the molecule is CCN(c1ccccc1)S(=O)(=O)c1cccc(F)c1CN. The number of rotatable bonds is 5. The molecule has 0 radical (unpaired) electrons. The van der Waals surface area contributed by atoms with Crippen LogP contribution in [0.1, 0.15) is 12.5 Å². The van der Waals surface area contributed by atoms with Crippen LogP contribution in [0.2, 0.25) is 0 Å². The predicted octanol–water partition coefficient (Wildman–Crippen LogP) is 2.50. The molecule has 0 unspecified atom stereocenters. The maximum Gasteiger partial charge on any atom is 0.264 e. The van der Waals surface area contributed by atoms with Gasteiger partial charge in [-0.15, -0.1) is 0 Å². The molecule has 0 aliphatic rings. The third kappa shape index (κ3) is 2.91. The highest BCUT2D eigenvalue weighted by atomic mass is 32.2. The van der Waals surface area contributed by atoms with Gasteiger partial charge >= 0.3 is 0 Å². The fourth-order valence-electron chi connectivity index (χ4n) is 2.18. The second-order valence-corrected chi connectivity index (χ2v) is 6.26. The lowest BCUT2D eigenvalue weighted by Gasteiger charge is -2.24. The monoisotopic (exact) mass is 308 g/mol. The van der Waals surface area contributed by atoms with Crippen molar-refractivity contribution in [2.45, 2.75) is 18.4 Å². The van der Waals surface area contributed by atoms with Crippen LogP contribution in [0.15, 0.2) is 53.4 Å². The Labute approximate surface area is 124 Å². The number of anilines is 1. The van der Waals surface area contributed by atoms with Gasteiger partial charge in [0.05, 0.1) is 10.6 Å². The molecule has 2 rings (SSSR count). The van der Waals surface area contributed by atoms with E-state index < -0.39 is 15.8 Å². The molecule has 6 heteroatoms. The summed E-state index contributed by atoms with van der Waals surface area (Å²) in [6.45, 7) is 1.80. The second-order valence-electron chi connectivity index (χ2n) is 4.43. The van der Waals surface area contributed by atoms with Crippen molar-refractivity contribution in [1.29, 1.82) is 0 Å². The molecule has 0 fully saturated rings. The van der Waals surface area contributed by atoms with Crippen molar-refractivity contribution in [3.8, 4) is 0 Å². The highest BCUT2D eigenvalue weighted by Crippen LogP contribution is 2.26. The molecule has 0 saturated heterocycles. The molecule has 0 bridgehead atoms. The minimum atomic E-state index is -3.86. The smallest absolute Gasteiger partial charge is 0.264 e. The van der Waals surface area contributed by atoms with Gasteiger partial charge in [-0.2, -0.15) is 0 Å². The Bertz CT molecular complexity index is 718. The van der Waals surface area contributed by atoms with Crippen LogP contribution in [0.5, 0.6) is 0 Å². The largest absolute Gasteiger partial charge is 0.326 e. The zero-order chi connectivity index (χ0) is 15.5. The lowest BCUT2D eigenvalue weighted by molar-refractivity contribution is 0.579. The van der Waals surface area contributed by atoms with E-state index in [1.54, 1.807) is 37.3 Å². The summed E-state index contributed by atoms with van der Waals surface area (Å²) in [4.78, 5) is -0.0873. The van der Waals surface area contributed by atoms with Gasteiger partial charge in [0.2, 0.25) is 0 Å². The van der Waals surface area contributed by atoms with Crippen molar-refractivity contribution >= 4 is 15.7 Å². The summed E-state index contributed by atoms with van der Waals surface area (Å²) < 4.78 is 40.6. The molecule has 0 aliphatic heterocycles. The average Bonchev–Trinajstić information content (AvgIpc) is 2.48. The first-order chi connectivity index (χ1) is 10.0. The normalized spacial score (nSPS) is 11.4. The quantitative estimate of drug-likeness (QED) is 0.923.